The summed E-state index contributed by atoms with van der Waals surface area (Å²) in [6.45, 7) is 5.88. The fraction of sp³-hybridized carbons (Fsp3) is 0.250. The van der Waals surface area contributed by atoms with E-state index >= 15 is 0 Å². The third kappa shape index (κ3) is 3.95. The van der Waals surface area contributed by atoms with Crippen LogP contribution >= 0.6 is 23.2 Å². The molecule has 1 aromatic heterocycles. The van der Waals surface area contributed by atoms with Gasteiger partial charge in [0.1, 0.15) is 11.9 Å². The second-order valence-corrected chi connectivity index (χ2v) is 8.67. The van der Waals surface area contributed by atoms with Crippen LogP contribution in [0.1, 0.15) is 42.8 Å². The molecule has 2 atom stereocenters. The van der Waals surface area contributed by atoms with Crippen molar-refractivity contribution in [2.45, 2.75) is 32.9 Å². The summed E-state index contributed by atoms with van der Waals surface area (Å²) in [4.78, 5) is 15.6. The van der Waals surface area contributed by atoms with Crippen molar-refractivity contribution in [3.63, 3.8) is 0 Å². The van der Waals surface area contributed by atoms with E-state index in [1.807, 2.05) is 81.0 Å². The molecule has 0 radical (unpaired) electrons. The molecule has 31 heavy (non-hydrogen) atoms. The molecule has 1 aliphatic heterocycles. The Labute approximate surface area is 192 Å². The number of nitrogens with one attached hydrogen (secondary N) is 1. The third-order valence-electron chi connectivity index (χ3n) is 5.77. The topological polar surface area (TPSA) is 50.2 Å². The molecule has 1 amide bonds. The van der Waals surface area contributed by atoms with Gasteiger partial charge in [0, 0.05) is 18.8 Å². The molecule has 1 aliphatic rings. The van der Waals surface area contributed by atoms with Crippen LogP contribution < -0.4 is 5.32 Å². The van der Waals surface area contributed by atoms with E-state index in [1.165, 1.54) is 0 Å². The first-order chi connectivity index (χ1) is 14.8. The van der Waals surface area contributed by atoms with Gasteiger partial charge in [-0.15, -0.1) is 0 Å². The van der Waals surface area contributed by atoms with Crippen LogP contribution in [0, 0.1) is 6.92 Å². The number of nitrogens with zero attached hydrogens (tertiary/aromatic N) is 3. The number of hydrogen-bond donors (Lipinski definition) is 1. The van der Waals surface area contributed by atoms with E-state index in [9.17, 15) is 4.79 Å². The van der Waals surface area contributed by atoms with Crippen LogP contribution in [-0.4, -0.2) is 27.6 Å². The number of fused-ring (bicyclic) bond motifs is 1. The van der Waals surface area contributed by atoms with Crippen LogP contribution in [0.4, 0.5) is 5.82 Å². The summed E-state index contributed by atoms with van der Waals surface area (Å²) in [6.07, 6.45) is 0. The van der Waals surface area contributed by atoms with Gasteiger partial charge >= 0.3 is 0 Å². The summed E-state index contributed by atoms with van der Waals surface area (Å²) in [5.41, 5.74) is 4.20. The zero-order valence-corrected chi connectivity index (χ0v) is 19.4. The van der Waals surface area contributed by atoms with Crippen LogP contribution in [0.5, 0.6) is 0 Å². The number of benzene rings is 2. The smallest absolute Gasteiger partial charge is 0.254 e. The fourth-order valence-electron chi connectivity index (χ4n) is 3.98. The maximum Gasteiger partial charge on any atom is 0.254 e. The molecule has 1 N–H and O–H groups in total. The van der Waals surface area contributed by atoms with Crippen molar-refractivity contribution in [1.29, 1.82) is 0 Å². The summed E-state index contributed by atoms with van der Waals surface area (Å²) < 4.78 is 1.84. The van der Waals surface area contributed by atoms with E-state index in [1.54, 1.807) is 11.0 Å². The SMILES string of the molecule is CC1=C(C(=O)N(C)C(C)c2ccccc2)C(c2ccc(Cl)c(Cl)c2)n2nc(C)cc2N1. The van der Waals surface area contributed by atoms with Crippen LogP contribution in [0.25, 0.3) is 0 Å². The van der Waals surface area contributed by atoms with Gasteiger partial charge in [0.05, 0.1) is 27.4 Å². The van der Waals surface area contributed by atoms with Crippen LogP contribution in [-0.2, 0) is 4.79 Å². The van der Waals surface area contributed by atoms with Gasteiger partial charge in [0.25, 0.3) is 5.91 Å². The molecule has 0 aliphatic carbocycles. The highest BCUT2D eigenvalue weighted by Crippen LogP contribution is 2.39. The average Bonchev–Trinajstić information content (AvgIpc) is 3.13. The second-order valence-electron chi connectivity index (χ2n) is 7.86. The van der Waals surface area contributed by atoms with E-state index < -0.39 is 6.04 Å². The highest BCUT2D eigenvalue weighted by molar-refractivity contribution is 6.42. The predicted octanol–water partition coefficient (Wildman–Crippen LogP) is 6.01. The van der Waals surface area contributed by atoms with Crippen LogP contribution in [0.3, 0.4) is 0 Å². The zero-order valence-electron chi connectivity index (χ0n) is 17.9. The molecule has 0 bridgehead atoms. The maximum atomic E-state index is 13.8. The van der Waals surface area contributed by atoms with E-state index in [4.69, 9.17) is 23.2 Å². The number of allylic oxidation sites excluding steroid dienone is 1. The van der Waals surface area contributed by atoms with Crippen molar-refractivity contribution in [3.05, 3.63) is 92.7 Å². The molecular weight excluding hydrogens is 431 g/mol. The molecule has 0 fully saturated rings. The van der Waals surface area contributed by atoms with Gasteiger partial charge in [-0.1, -0.05) is 59.6 Å². The molecule has 4 rings (SSSR count). The van der Waals surface area contributed by atoms with Crippen molar-refractivity contribution in [2.75, 3.05) is 12.4 Å². The molecule has 3 aromatic rings. The number of carbonyl (C=O) groups excluding carboxylic acids is 1. The molecule has 2 unspecified atom stereocenters. The number of anilines is 1. The molecule has 7 heteroatoms. The lowest BCUT2D eigenvalue weighted by molar-refractivity contribution is -0.128. The Morgan fingerprint density at radius 3 is 2.48 bits per heavy atom. The van der Waals surface area contributed by atoms with Gasteiger partial charge < -0.3 is 10.2 Å². The van der Waals surface area contributed by atoms with Gasteiger partial charge in [0.15, 0.2) is 0 Å². The highest BCUT2D eigenvalue weighted by atomic mass is 35.5. The number of halogens is 2. The van der Waals surface area contributed by atoms with E-state index in [0.29, 0.717) is 15.6 Å². The van der Waals surface area contributed by atoms with Crippen molar-refractivity contribution < 1.29 is 4.79 Å². The normalized spacial score (nSPS) is 16.5. The number of rotatable bonds is 4. The second kappa shape index (κ2) is 8.40. The van der Waals surface area contributed by atoms with Crippen molar-refractivity contribution >= 4 is 34.9 Å². The molecule has 2 heterocycles. The zero-order chi connectivity index (χ0) is 22.3. The number of aryl methyl sites for hydroxylation is 1. The lowest BCUT2D eigenvalue weighted by Gasteiger charge is -2.34. The number of likely N-dealkylation sites (N-methyl/N-ethyl adjacent to an activating group) is 1. The third-order valence-corrected chi connectivity index (χ3v) is 6.51. The lowest BCUT2D eigenvalue weighted by Crippen LogP contribution is -2.37. The molecule has 2 aromatic carbocycles. The van der Waals surface area contributed by atoms with Crippen LogP contribution in [0.2, 0.25) is 10.0 Å². The summed E-state index contributed by atoms with van der Waals surface area (Å²) in [7, 11) is 1.83. The van der Waals surface area contributed by atoms with Crippen molar-refractivity contribution in [2.24, 2.45) is 0 Å². The molecular formula is C24H24Cl2N4O. The molecule has 0 saturated carbocycles. The number of amides is 1. The van der Waals surface area contributed by atoms with Gasteiger partial charge in [-0.25, -0.2) is 4.68 Å². The molecule has 0 spiro atoms. The molecule has 160 valence electrons. The highest BCUT2D eigenvalue weighted by Gasteiger charge is 2.35. The summed E-state index contributed by atoms with van der Waals surface area (Å²) >= 11 is 12.5. The summed E-state index contributed by atoms with van der Waals surface area (Å²) in [5, 5.41) is 8.92. The van der Waals surface area contributed by atoms with Gasteiger partial charge in [-0.2, -0.15) is 5.10 Å². The van der Waals surface area contributed by atoms with Gasteiger partial charge in [0.2, 0.25) is 0 Å². The van der Waals surface area contributed by atoms with Crippen molar-refractivity contribution in [3.8, 4) is 0 Å². The Bertz CT molecular complexity index is 1170. The minimum absolute atomic E-state index is 0.0729. The largest absolute Gasteiger partial charge is 0.344 e. The Kier molecular flexibility index (Phi) is 5.82. The fourth-order valence-corrected chi connectivity index (χ4v) is 4.29. The average molecular weight is 455 g/mol. The minimum Gasteiger partial charge on any atom is -0.344 e. The van der Waals surface area contributed by atoms with Gasteiger partial charge in [-0.3, -0.25) is 4.79 Å². The molecule has 0 saturated heterocycles. The lowest BCUT2D eigenvalue weighted by atomic mass is 9.93. The van der Waals surface area contributed by atoms with Gasteiger partial charge in [-0.05, 0) is 44.0 Å². The number of aromatic nitrogens is 2. The van der Waals surface area contributed by atoms with E-state index in [-0.39, 0.29) is 11.9 Å². The standard InChI is InChI=1S/C24H24Cl2N4O/c1-14-12-21-27-15(2)22(24(31)29(4)16(3)17-8-6-5-7-9-17)23(30(21)28-14)18-10-11-19(25)20(26)13-18/h5-13,16,23,27H,1-4H3. The van der Waals surface area contributed by atoms with Crippen molar-refractivity contribution in [1.82, 2.24) is 14.7 Å². The maximum absolute atomic E-state index is 13.8. The first-order valence-corrected chi connectivity index (χ1v) is 10.8. The summed E-state index contributed by atoms with van der Waals surface area (Å²) in [5.74, 6) is 0.762. The first kappa shape index (κ1) is 21.5. The number of hydrogen-bond acceptors (Lipinski definition) is 3. The molecule has 5 nitrogen and oxygen atoms in total. The van der Waals surface area contributed by atoms with E-state index in [2.05, 4.69) is 10.4 Å². The van der Waals surface area contributed by atoms with E-state index in [0.717, 1.165) is 28.3 Å². The first-order valence-electron chi connectivity index (χ1n) is 10.1. The predicted molar refractivity (Wildman–Crippen MR) is 126 cm³/mol. The Morgan fingerprint density at radius 1 is 1.10 bits per heavy atom. The Hall–Kier alpha value is -2.76. The summed E-state index contributed by atoms with van der Waals surface area (Å²) in [6, 6.07) is 16.9. The Morgan fingerprint density at radius 2 is 1.81 bits per heavy atom. The number of carbonyl (C=O) groups is 1. The Balaban J connectivity index is 1.79. The van der Waals surface area contributed by atoms with Crippen LogP contribution in [0.15, 0.2) is 65.9 Å². The monoisotopic (exact) mass is 454 g/mol. The minimum atomic E-state index is -0.419. The quantitative estimate of drug-likeness (QED) is 0.525.